The topological polar surface area (TPSA) is 7.12 Å². The van der Waals surface area contributed by atoms with Crippen LogP contribution in [0.2, 0.25) is 0 Å². The van der Waals surface area contributed by atoms with Gasteiger partial charge in [-0.25, -0.2) is 0 Å². The van der Waals surface area contributed by atoms with Gasteiger partial charge in [0.2, 0.25) is 0 Å². The Balaban J connectivity index is 0.00000208. The second-order valence-corrected chi connectivity index (χ2v) is 7.37. The van der Waals surface area contributed by atoms with E-state index in [2.05, 4.69) is 86.7 Å². The first-order valence-electron chi connectivity index (χ1n) is 8.26. The zero-order chi connectivity index (χ0) is 16.6. The van der Waals surface area contributed by atoms with Crippen LogP contribution in [0.15, 0.2) is 46.3 Å². The van der Waals surface area contributed by atoms with E-state index in [-0.39, 0.29) is 24.0 Å². The Morgan fingerprint density at radius 2 is 1.79 bits per heavy atom. The van der Waals surface area contributed by atoms with Gasteiger partial charge < -0.3 is 28.9 Å². The molecular weight excluding hydrogens is 427 g/mol. The van der Waals surface area contributed by atoms with Gasteiger partial charge in [-0.2, -0.15) is 4.57 Å². The molecule has 2 aromatic rings. The third-order valence-electron chi connectivity index (χ3n) is 4.60. The summed E-state index contributed by atoms with van der Waals surface area (Å²) in [5, 5.41) is 1.28. The second-order valence-electron chi connectivity index (χ2n) is 6.31. The van der Waals surface area contributed by atoms with Crippen LogP contribution in [-0.2, 0) is 0 Å². The summed E-state index contributed by atoms with van der Waals surface area (Å²) in [5.41, 5.74) is 5.23. The third kappa shape index (κ3) is 3.64. The molecule has 0 spiro atoms. The number of aryl methyl sites for hydroxylation is 2. The molecule has 3 rings (SSSR count). The van der Waals surface area contributed by atoms with Crippen molar-refractivity contribution in [2.24, 2.45) is 0 Å². The molecule has 1 atom stereocenters. The Morgan fingerprint density at radius 3 is 2.38 bits per heavy atom. The smallest absolute Gasteiger partial charge is 0.179 e. The molecule has 1 aromatic carbocycles. The van der Waals surface area contributed by atoms with Gasteiger partial charge in [0.1, 0.15) is 0 Å². The average Bonchev–Trinajstić information content (AvgIpc) is 2.83. The van der Waals surface area contributed by atoms with Gasteiger partial charge in [-0.15, -0.1) is 0 Å². The number of hydrogen-bond acceptors (Lipinski definition) is 2. The fourth-order valence-electron chi connectivity index (χ4n) is 3.29. The maximum Gasteiger partial charge on any atom is 0.179 e. The lowest BCUT2D eigenvalue weighted by atomic mass is 10.1. The molecule has 1 aliphatic heterocycles. The van der Waals surface area contributed by atoms with E-state index in [1.165, 1.54) is 32.6 Å². The Kier molecular flexibility index (Phi) is 6.37. The molecule has 0 fully saturated rings. The quantitative estimate of drug-likeness (QED) is 0.521. The van der Waals surface area contributed by atoms with E-state index in [0.29, 0.717) is 6.04 Å². The standard InChI is InChI=1S/C20H25N2S.HI/c1-6-14(2)22-15(3)11-17(12-16(22)4)13-20-21(5)18-9-7-8-10-19(18)23-20;/h7-14H,6H2,1-5H3;1H/q+1;/p-1. The number of halogens is 1. The van der Waals surface area contributed by atoms with E-state index in [0.717, 1.165) is 6.42 Å². The zero-order valence-electron chi connectivity index (χ0n) is 15.0. The molecule has 128 valence electrons. The van der Waals surface area contributed by atoms with Gasteiger partial charge in [0.05, 0.1) is 10.7 Å². The summed E-state index contributed by atoms with van der Waals surface area (Å²) in [7, 11) is 2.15. The van der Waals surface area contributed by atoms with E-state index in [1.807, 2.05) is 11.8 Å². The van der Waals surface area contributed by atoms with Gasteiger partial charge in [0.15, 0.2) is 17.4 Å². The minimum absolute atomic E-state index is 0. The highest BCUT2D eigenvalue weighted by atomic mass is 127. The van der Waals surface area contributed by atoms with Crippen LogP contribution in [0.4, 0.5) is 5.69 Å². The van der Waals surface area contributed by atoms with Crippen molar-refractivity contribution in [2.75, 3.05) is 11.9 Å². The van der Waals surface area contributed by atoms with E-state index in [9.17, 15) is 0 Å². The van der Waals surface area contributed by atoms with Crippen LogP contribution in [0.25, 0.3) is 6.08 Å². The van der Waals surface area contributed by atoms with Crippen molar-refractivity contribution < 1.29 is 28.5 Å². The van der Waals surface area contributed by atoms with Crippen LogP contribution in [0.1, 0.15) is 43.3 Å². The van der Waals surface area contributed by atoms with E-state index < -0.39 is 0 Å². The highest BCUT2D eigenvalue weighted by molar-refractivity contribution is 8.03. The van der Waals surface area contributed by atoms with Crippen LogP contribution < -0.4 is 33.4 Å². The van der Waals surface area contributed by atoms with Crippen LogP contribution in [0, 0.1) is 13.8 Å². The fourth-order valence-corrected chi connectivity index (χ4v) is 4.40. The van der Waals surface area contributed by atoms with E-state index in [4.69, 9.17) is 0 Å². The summed E-state index contributed by atoms with van der Waals surface area (Å²) in [6.07, 6.45) is 3.45. The molecule has 0 amide bonds. The molecule has 24 heavy (non-hydrogen) atoms. The maximum absolute atomic E-state index is 2.43. The second kappa shape index (κ2) is 7.91. The predicted molar refractivity (Wildman–Crippen MR) is 99.8 cm³/mol. The SMILES string of the molecule is CCC(C)[n+]1c(C)cc(/C=C2/Sc3ccccc3N2C)cc1C.[I-]. The molecule has 0 radical (unpaired) electrons. The first kappa shape index (κ1) is 19.3. The zero-order valence-corrected chi connectivity index (χ0v) is 18.0. The minimum Gasteiger partial charge on any atom is -1.00 e. The van der Waals surface area contributed by atoms with Gasteiger partial charge in [0, 0.05) is 44.3 Å². The maximum atomic E-state index is 2.43. The number of anilines is 1. The van der Waals surface area contributed by atoms with Crippen LogP contribution in [0.3, 0.4) is 0 Å². The summed E-state index contributed by atoms with van der Waals surface area (Å²) in [4.78, 5) is 3.61. The molecule has 0 aliphatic carbocycles. The Bertz CT molecular complexity index is 747. The van der Waals surface area contributed by atoms with Gasteiger partial charge in [-0.05, 0) is 30.7 Å². The summed E-state index contributed by atoms with van der Waals surface area (Å²) in [5.74, 6) is 0. The third-order valence-corrected chi connectivity index (χ3v) is 5.77. The van der Waals surface area contributed by atoms with E-state index >= 15 is 0 Å². The number of thioether (sulfide) groups is 1. The van der Waals surface area contributed by atoms with E-state index in [1.54, 1.807) is 0 Å². The molecule has 0 saturated heterocycles. The van der Waals surface area contributed by atoms with Crippen LogP contribution in [0.5, 0.6) is 0 Å². The number of fused-ring (bicyclic) bond motifs is 1. The average molecular weight is 452 g/mol. The lowest BCUT2D eigenvalue weighted by Crippen LogP contribution is -3.00. The van der Waals surface area contributed by atoms with Crippen molar-refractivity contribution >= 4 is 23.5 Å². The number of aromatic nitrogens is 1. The summed E-state index contributed by atoms with van der Waals surface area (Å²) < 4.78 is 2.43. The number of hydrogen-bond donors (Lipinski definition) is 0. The first-order chi connectivity index (χ1) is 11.0. The molecule has 2 nitrogen and oxygen atoms in total. The number of rotatable bonds is 3. The normalized spacial score (nSPS) is 16.0. The fraction of sp³-hybridized carbons (Fsp3) is 0.350. The lowest BCUT2D eigenvalue weighted by Gasteiger charge is -2.14. The summed E-state index contributed by atoms with van der Waals surface area (Å²) >= 11 is 1.85. The molecule has 1 aromatic heterocycles. The molecular formula is C20H25IN2S. The highest BCUT2D eigenvalue weighted by Gasteiger charge is 2.22. The molecule has 0 N–H and O–H groups in total. The predicted octanol–water partition coefficient (Wildman–Crippen LogP) is 2.11. The van der Waals surface area contributed by atoms with Crippen LogP contribution in [-0.4, -0.2) is 7.05 Å². The van der Waals surface area contributed by atoms with Crippen molar-refractivity contribution in [1.29, 1.82) is 0 Å². The molecule has 4 heteroatoms. The monoisotopic (exact) mass is 452 g/mol. The molecule has 0 saturated carbocycles. The highest BCUT2D eigenvalue weighted by Crippen LogP contribution is 2.45. The largest absolute Gasteiger partial charge is 1.00 e. The van der Waals surface area contributed by atoms with Crippen molar-refractivity contribution in [3.8, 4) is 0 Å². The number of nitrogens with zero attached hydrogens (tertiary/aromatic N) is 2. The minimum atomic E-state index is 0. The van der Waals surface area contributed by atoms with Crippen molar-refractivity contribution in [3.63, 3.8) is 0 Å². The van der Waals surface area contributed by atoms with Gasteiger partial charge in [-0.1, -0.05) is 30.8 Å². The lowest BCUT2D eigenvalue weighted by molar-refractivity contribution is -0.730. The van der Waals surface area contributed by atoms with Gasteiger partial charge in [0.25, 0.3) is 0 Å². The molecule has 2 heterocycles. The summed E-state index contributed by atoms with van der Waals surface area (Å²) in [6.45, 7) is 8.95. The van der Waals surface area contributed by atoms with Crippen molar-refractivity contribution in [2.45, 2.75) is 45.1 Å². The van der Waals surface area contributed by atoms with Gasteiger partial charge >= 0.3 is 0 Å². The number of para-hydroxylation sites is 1. The number of benzene rings is 1. The van der Waals surface area contributed by atoms with Gasteiger partial charge in [-0.3, -0.25) is 0 Å². The Hall–Kier alpha value is -1.01. The first-order valence-corrected chi connectivity index (χ1v) is 9.08. The molecule has 1 unspecified atom stereocenters. The number of pyridine rings is 1. The molecule has 0 bridgehead atoms. The van der Waals surface area contributed by atoms with Crippen molar-refractivity contribution in [3.05, 3.63) is 58.4 Å². The summed E-state index contributed by atoms with van der Waals surface area (Å²) in [6, 6.07) is 13.7. The molecule has 1 aliphatic rings. The Labute approximate surface area is 167 Å². The van der Waals surface area contributed by atoms with Crippen LogP contribution >= 0.6 is 11.8 Å². The van der Waals surface area contributed by atoms with Crippen molar-refractivity contribution in [1.82, 2.24) is 0 Å². The Morgan fingerprint density at radius 1 is 1.17 bits per heavy atom.